The van der Waals surface area contributed by atoms with E-state index in [1.165, 1.54) is 0 Å². The van der Waals surface area contributed by atoms with Crippen LogP contribution in [0.4, 0.5) is 6.01 Å². The van der Waals surface area contributed by atoms with Gasteiger partial charge in [-0.2, -0.15) is 0 Å². The molecule has 1 saturated heterocycles. The van der Waals surface area contributed by atoms with E-state index in [9.17, 15) is 4.79 Å². The smallest absolute Gasteiger partial charge is 0.319 e. The summed E-state index contributed by atoms with van der Waals surface area (Å²) in [6, 6.07) is -0.279. The van der Waals surface area contributed by atoms with Gasteiger partial charge in [-0.15, -0.1) is 5.10 Å². The molecule has 2 heterocycles. The largest absolute Gasteiger partial charge is 0.407 e. The van der Waals surface area contributed by atoms with Crippen molar-refractivity contribution >= 4 is 11.9 Å². The molecule has 0 radical (unpaired) electrons. The highest BCUT2D eigenvalue weighted by Crippen LogP contribution is 2.18. The second-order valence-electron chi connectivity index (χ2n) is 4.33. The van der Waals surface area contributed by atoms with Crippen LogP contribution in [0.5, 0.6) is 0 Å². The van der Waals surface area contributed by atoms with Gasteiger partial charge in [-0.3, -0.25) is 4.79 Å². The lowest BCUT2D eigenvalue weighted by atomic mass is 10.2. The number of primary amides is 1. The first kappa shape index (κ1) is 14.7. The molecule has 0 bridgehead atoms. The highest BCUT2D eigenvalue weighted by atomic mass is 16.5. The van der Waals surface area contributed by atoms with Crippen LogP contribution in [0.3, 0.4) is 0 Å². The number of methoxy groups -OCH3 is 1. The van der Waals surface area contributed by atoms with Gasteiger partial charge in [0.15, 0.2) is 0 Å². The second kappa shape index (κ2) is 7.17. The Morgan fingerprint density at radius 1 is 1.60 bits per heavy atom. The minimum atomic E-state index is -0.571. The Morgan fingerprint density at radius 3 is 3.20 bits per heavy atom. The van der Waals surface area contributed by atoms with E-state index in [0.29, 0.717) is 44.8 Å². The third-order valence-corrected chi connectivity index (χ3v) is 2.92. The van der Waals surface area contributed by atoms with E-state index in [1.54, 1.807) is 12.0 Å². The van der Waals surface area contributed by atoms with Crippen LogP contribution in [0.1, 0.15) is 5.89 Å². The highest BCUT2D eigenvalue weighted by molar-refractivity contribution is 5.83. The first-order valence-electron chi connectivity index (χ1n) is 6.38. The van der Waals surface area contributed by atoms with Crippen molar-refractivity contribution in [2.45, 2.75) is 12.6 Å². The number of amides is 1. The van der Waals surface area contributed by atoms with Crippen molar-refractivity contribution in [3.05, 3.63) is 5.89 Å². The van der Waals surface area contributed by atoms with E-state index >= 15 is 0 Å². The monoisotopic (exact) mass is 285 g/mol. The third-order valence-electron chi connectivity index (χ3n) is 2.92. The lowest BCUT2D eigenvalue weighted by Crippen LogP contribution is -2.52. The van der Waals surface area contributed by atoms with Crippen LogP contribution < -0.4 is 16.0 Å². The summed E-state index contributed by atoms with van der Waals surface area (Å²) in [7, 11) is 1.63. The normalized spacial score (nSPS) is 19.2. The highest BCUT2D eigenvalue weighted by Gasteiger charge is 2.31. The van der Waals surface area contributed by atoms with Gasteiger partial charge in [0.25, 0.3) is 0 Å². The average Bonchev–Trinajstić information content (AvgIpc) is 2.92. The maximum Gasteiger partial charge on any atom is 0.319 e. The molecule has 1 amide bonds. The van der Waals surface area contributed by atoms with Gasteiger partial charge in [-0.25, -0.2) is 0 Å². The first-order valence-corrected chi connectivity index (χ1v) is 6.38. The Labute approximate surface area is 116 Å². The number of rotatable bonds is 7. The van der Waals surface area contributed by atoms with Gasteiger partial charge in [0.2, 0.25) is 11.8 Å². The molecule has 1 aliphatic heterocycles. The fraction of sp³-hybridized carbons (Fsp3) is 0.727. The predicted molar refractivity (Wildman–Crippen MR) is 69.0 cm³/mol. The molecule has 3 N–H and O–H groups in total. The number of nitrogens with zero attached hydrogens (tertiary/aromatic N) is 3. The minimum Gasteiger partial charge on any atom is -0.407 e. The van der Waals surface area contributed by atoms with Crippen molar-refractivity contribution in [2.75, 3.05) is 44.9 Å². The van der Waals surface area contributed by atoms with Crippen LogP contribution in [0, 0.1) is 0 Å². The lowest BCUT2D eigenvalue weighted by molar-refractivity contribution is -0.121. The standard InChI is InChI=1S/C11H19N5O4/c1-18-4-2-13-6-9-14-15-11(20-9)16-3-5-19-7-8(16)10(12)17/h8,13H,2-7H2,1H3,(H2,12,17). The number of morpholine rings is 1. The molecule has 1 aromatic rings. The second-order valence-corrected chi connectivity index (χ2v) is 4.33. The van der Waals surface area contributed by atoms with Crippen molar-refractivity contribution in [3.8, 4) is 0 Å². The van der Waals surface area contributed by atoms with Crippen molar-refractivity contribution in [1.82, 2.24) is 15.5 Å². The quantitative estimate of drug-likeness (QED) is 0.581. The van der Waals surface area contributed by atoms with Gasteiger partial charge in [-0.05, 0) is 0 Å². The molecule has 0 saturated carbocycles. The number of anilines is 1. The van der Waals surface area contributed by atoms with Crippen LogP contribution in [-0.2, 0) is 20.8 Å². The van der Waals surface area contributed by atoms with Crippen LogP contribution in [-0.4, -0.2) is 62.2 Å². The van der Waals surface area contributed by atoms with E-state index in [1.807, 2.05) is 0 Å². The number of hydrogen-bond acceptors (Lipinski definition) is 8. The van der Waals surface area contributed by atoms with Crippen LogP contribution >= 0.6 is 0 Å². The number of nitrogens with one attached hydrogen (secondary N) is 1. The summed E-state index contributed by atoms with van der Waals surface area (Å²) in [5.41, 5.74) is 5.34. The maximum atomic E-state index is 11.4. The summed E-state index contributed by atoms with van der Waals surface area (Å²) >= 11 is 0. The Kier molecular flexibility index (Phi) is 5.27. The molecule has 1 unspecified atom stereocenters. The number of ether oxygens (including phenoxy) is 2. The molecule has 9 nitrogen and oxygen atoms in total. The van der Waals surface area contributed by atoms with Gasteiger partial charge in [0, 0.05) is 20.2 Å². The molecular formula is C11H19N5O4. The molecule has 9 heteroatoms. The molecule has 20 heavy (non-hydrogen) atoms. The number of hydrogen-bond donors (Lipinski definition) is 2. The summed E-state index contributed by atoms with van der Waals surface area (Å²) in [5.74, 6) is -0.0199. The summed E-state index contributed by atoms with van der Waals surface area (Å²) < 4.78 is 15.7. The maximum absolute atomic E-state index is 11.4. The Balaban J connectivity index is 1.94. The molecule has 112 valence electrons. The zero-order chi connectivity index (χ0) is 14.4. The van der Waals surface area contributed by atoms with Gasteiger partial charge in [-0.1, -0.05) is 5.10 Å². The zero-order valence-electron chi connectivity index (χ0n) is 11.4. The molecule has 1 aromatic heterocycles. The third kappa shape index (κ3) is 3.65. The molecule has 0 aromatic carbocycles. The van der Waals surface area contributed by atoms with E-state index < -0.39 is 11.9 Å². The molecule has 1 atom stereocenters. The number of carbonyl (C=O) groups is 1. The van der Waals surface area contributed by atoms with Crippen molar-refractivity contribution in [3.63, 3.8) is 0 Å². The molecular weight excluding hydrogens is 266 g/mol. The molecule has 1 aliphatic rings. The van der Waals surface area contributed by atoms with Crippen LogP contribution in [0.25, 0.3) is 0 Å². The van der Waals surface area contributed by atoms with E-state index in [0.717, 1.165) is 0 Å². The van der Waals surface area contributed by atoms with Crippen molar-refractivity contribution < 1.29 is 18.7 Å². The van der Waals surface area contributed by atoms with E-state index in [4.69, 9.17) is 19.6 Å². The van der Waals surface area contributed by atoms with Crippen LogP contribution in [0.2, 0.25) is 0 Å². The zero-order valence-corrected chi connectivity index (χ0v) is 11.4. The first-order chi connectivity index (χ1) is 9.72. The molecule has 0 aliphatic carbocycles. The number of aromatic nitrogens is 2. The fourth-order valence-electron chi connectivity index (χ4n) is 1.87. The van der Waals surface area contributed by atoms with Gasteiger partial charge < -0.3 is 29.8 Å². The van der Waals surface area contributed by atoms with E-state index in [-0.39, 0.29) is 6.61 Å². The Hall–Kier alpha value is -1.71. The van der Waals surface area contributed by atoms with Crippen LogP contribution in [0.15, 0.2) is 4.42 Å². The molecule has 2 rings (SSSR count). The van der Waals surface area contributed by atoms with Crippen molar-refractivity contribution in [1.29, 1.82) is 0 Å². The van der Waals surface area contributed by atoms with E-state index in [2.05, 4.69) is 15.5 Å². The topological polar surface area (TPSA) is 116 Å². The summed E-state index contributed by atoms with van der Waals surface area (Å²) in [6.07, 6.45) is 0. The van der Waals surface area contributed by atoms with Crippen molar-refractivity contribution in [2.24, 2.45) is 5.73 Å². The number of nitrogens with two attached hydrogens (primary N) is 1. The summed E-state index contributed by atoms with van der Waals surface area (Å²) in [6.45, 7) is 2.96. The summed E-state index contributed by atoms with van der Waals surface area (Å²) in [5, 5.41) is 11.0. The predicted octanol–water partition coefficient (Wildman–Crippen LogP) is -1.50. The van der Waals surface area contributed by atoms with Gasteiger partial charge in [0.05, 0.1) is 26.4 Å². The molecule has 0 spiro atoms. The van der Waals surface area contributed by atoms with Gasteiger partial charge in [0.1, 0.15) is 6.04 Å². The fourth-order valence-corrected chi connectivity index (χ4v) is 1.87. The minimum absolute atomic E-state index is 0.235. The van der Waals surface area contributed by atoms with Gasteiger partial charge >= 0.3 is 6.01 Å². The lowest BCUT2D eigenvalue weighted by Gasteiger charge is -2.31. The average molecular weight is 285 g/mol. The summed E-state index contributed by atoms with van der Waals surface area (Å²) in [4.78, 5) is 13.1. The number of carbonyl (C=O) groups excluding carboxylic acids is 1. The SMILES string of the molecule is COCCNCc1nnc(N2CCOCC2C(N)=O)o1. The Bertz CT molecular complexity index is 438. The molecule has 1 fully saturated rings. The Morgan fingerprint density at radius 2 is 2.45 bits per heavy atom.